The van der Waals surface area contributed by atoms with Crippen LogP contribution in [0.3, 0.4) is 0 Å². The number of rotatable bonds is 5. The molecule has 1 atom stereocenters. The fourth-order valence-corrected chi connectivity index (χ4v) is 1.94. The van der Waals surface area contributed by atoms with E-state index in [9.17, 15) is 0 Å². The third kappa shape index (κ3) is 3.51. The minimum absolute atomic E-state index is 0.608. The van der Waals surface area contributed by atoms with E-state index in [-0.39, 0.29) is 0 Å². The van der Waals surface area contributed by atoms with Crippen LogP contribution in [0.4, 0.5) is 0 Å². The van der Waals surface area contributed by atoms with Crippen molar-refractivity contribution >= 4 is 0 Å². The van der Waals surface area contributed by atoms with E-state index in [1.165, 1.54) is 19.3 Å². The lowest BCUT2D eigenvalue weighted by atomic mass is 10.0. The van der Waals surface area contributed by atoms with E-state index in [0.29, 0.717) is 6.04 Å². The van der Waals surface area contributed by atoms with Crippen LogP contribution in [0.15, 0.2) is 30.6 Å². The Kier molecular flexibility index (Phi) is 3.97. The topological polar surface area (TPSA) is 29.9 Å². The number of aryl methyl sites for hydroxylation is 1. The molecule has 0 aromatic carbocycles. The summed E-state index contributed by atoms with van der Waals surface area (Å²) in [6, 6.07) is 2.58. The van der Waals surface area contributed by atoms with Gasteiger partial charge < -0.3 is 5.32 Å². The number of hydrogen-bond acceptors (Lipinski definition) is 2. The molecule has 1 N–H and O–H groups in total. The first-order valence-electron chi connectivity index (χ1n) is 5.82. The highest BCUT2D eigenvalue weighted by Crippen LogP contribution is 2.09. The van der Waals surface area contributed by atoms with E-state index in [0.717, 1.165) is 19.5 Å². The SMILES string of the molecule is C1=CC(NCCCn2cccn2)CCC1. The van der Waals surface area contributed by atoms with Gasteiger partial charge in [-0.15, -0.1) is 0 Å². The summed E-state index contributed by atoms with van der Waals surface area (Å²) in [5.74, 6) is 0. The average molecular weight is 205 g/mol. The largest absolute Gasteiger partial charge is 0.310 e. The molecule has 0 radical (unpaired) electrons. The van der Waals surface area contributed by atoms with E-state index in [1.54, 1.807) is 0 Å². The molecule has 0 spiro atoms. The van der Waals surface area contributed by atoms with E-state index < -0.39 is 0 Å². The quantitative estimate of drug-likeness (QED) is 0.588. The van der Waals surface area contributed by atoms with Crippen LogP contribution in [0.1, 0.15) is 25.7 Å². The average Bonchev–Trinajstić information content (AvgIpc) is 2.79. The molecule has 82 valence electrons. The van der Waals surface area contributed by atoms with Crippen LogP contribution in [0.25, 0.3) is 0 Å². The van der Waals surface area contributed by atoms with Gasteiger partial charge in [0.25, 0.3) is 0 Å². The molecule has 3 heteroatoms. The molecule has 0 saturated carbocycles. The molecule has 1 aliphatic rings. The van der Waals surface area contributed by atoms with Gasteiger partial charge >= 0.3 is 0 Å². The summed E-state index contributed by atoms with van der Waals surface area (Å²) in [5, 5.41) is 7.73. The number of aromatic nitrogens is 2. The van der Waals surface area contributed by atoms with Crippen LogP contribution < -0.4 is 5.32 Å². The molecule has 0 fully saturated rings. The molecule has 1 aromatic heterocycles. The summed E-state index contributed by atoms with van der Waals surface area (Å²) in [7, 11) is 0. The van der Waals surface area contributed by atoms with Crippen molar-refractivity contribution in [1.82, 2.24) is 15.1 Å². The molecule has 15 heavy (non-hydrogen) atoms. The Hall–Kier alpha value is -1.09. The number of nitrogens with zero attached hydrogens (tertiary/aromatic N) is 2. The maximum absolute atomic E-state index is 4.18. The van der Waals surface area contributed by atoms with Crippen molar-refractivity contribution in [2.45, 2.75) is 38.3 Å². The molecule has 0 aliphatic heterocycles. The molecule has 1 unspecified atom stereocenters. The summed E-state index contributed by atoms with van der Waals surface area (Å²) >= 11 is 0. The Bertz CT molecular complexity index is 290. The van der Waals surface area contributed by atoms with Gasteiger partial charge in [0.2, 0.25) is 0 Å². The van der Waals surface area contributed by atoms with Gasteiger partial charge in [-0.25, -0.2) is 0 Å². The first-order valence-corrected chi connectivity index (χ1v) is 5.82. The van der Waals surface area contributed by atoms with Gasteiger partial charge in [0.05, 0.1) is 0 Å². The summed E-state index contributed by atoms with van der Waals surface area (Å²) in [5.41, 5.74) is 0. The van der Waals surface area contributed by atoms with Crippen molar-refractivity contribution in [3.8, 4) is 0 Å². The molecule has 2 rings (SSSR count). The second-order valence-electron chi connectivity index (χ2n) is 4.04. The third-order valence-corrected chi connectivity index (χ3v) is 2.78. The minimum atomic E-state index is 0.608. The molecule has 0 amide bonds. The Morgan fingerprint density at radius 2 is 2.47 bits per heavy atom. The third-order valence-electron chi connectivity index (χ3n) is 2.78. The van der Waals surface area contributed by atoms with Gasteiger partial charge in [-0.3, -0.25) is 4.68 Å². The van der Waals surface area contributed by atoms with Gasteiger partial charge in [-0.1, -0.05) is 12.2 Å². The highest BCUT2D eigenvalue weighted by atomic mass is 15.3. The maximum atomic E-state index is 4.18. The highest BCUT2D eigenvalue weighted by molar-refractivity contribution is 4.97. The summed E-state index contributed by atoms with van der Waals surface area (Å²) in [4.78, 5) is 0. The first-order chi connectivity index (χ1) is 7.45. The van der Waals surface area contributed by atoms with Gasteiger partial charge in [0.1, 0.15) is 0 Å². The molecule has 0 bridgehead atoms. The van der Waals surface area contributed by atoms with E-state index in [4.69, 9.17) is 0 Å². The van der Waals surface area contributed by atoms with Crippen LogP contribution in [-0.4, -0.2) is 22.4 Å². The molecular weight excluding hydrogens is 186 g/mol. The van der Waals surface area contributed by atoms with Crippen LogP contribution in [0, 0.1) is 0 Å². The minimum Gasteiger partial charge on any atom is -0.310 e. The van der Waals surface area contributed by atoms with Crippen molar-refractivity contribution in [3.05, 3.63) is 30.6 Å². The fraction of sp³-hybridized carbons (Fsp3) is 0.583. The van der Waals surface area contributed by atoms with Crippen LogP contribution >= 0.6 is 0 Å². The first kappa shape index (κ1) is 10.4. The number of allylic oxidation sites excluding steroid dienone is 1. The zero-order valence-electron chi connectivity index (χ0n) is 9.10. The van der Waals surface area contributed by atoms with Crippen molar-refractivity contribution < 1.29 is 0 Å². The Morgan fingerprint density at radius 1 is 1.47 bits per heavy atom. The summed E-state index contributed by atoms with van der Waals surface area (Å²) < 4.78 is 1.98. The standard InChI is InChI=1S/C12H19N3/c1-2-6-12(7-3-1)13-8-4-10-15-11-5-9-14-15/h2,5-6,9,11-13H,1,3-4,7-8,10H2. The zero-order valence-corrected chi connectivity index (χ0v) is 9.10. The van der Waals surface area contributed by atoms with Crippen LogP contribution in [0.2, 0.25) is 0 Å². The molecule has 0 saturated heterocycles. The lowest BCUT2D eigenvalue weighted by Crippen LogP contribution is -2.29. The molecular formula is C12H19N3. The Balaban J connectivity index is 1.58. The number of nitrogens with one attached hydrogen (secondary N) is 1. The Labute approximate surface area is 91.2 Å². The van der Waals surface area contributed by atoms with Gasteiger partial charge in [-0.2, -0.15) is 5.10 Å². The molecule has 1 aromatic rings. The lowest BCUT2D eigenvalue weighted by molar-refractivity contribution is 0.486. The van der Waals surface area contributed by atoms with Gasteiger partial charge in [-0.05, 0) is 38.3 Å². The predicted molar refractivity (Wildman–Crippen MR) is 61.6 cm³/mol. The smallest absolute Gasteiger partial charge is 0.0489 e. The van der Waals surface area contributed by atoms with Gasteiger partial charge in [0, 0.05) is 25.0 Å². The number of hydrogen-bond donors (Lipinski definition) is 1. The monoisotopic (exact) mass is 205 g/mol. The van der Waals surface area contributed by atoms with Crippen molar-refractivity contribution in [3.63, 3.8) is 0 Å². The summed E-state index contributed by atoms with van der Waals surface area (Å²) in [6.07, 6.45) is 13.5. The molecule has 1 aliphatic carbocycles. The lowest BCUT2D eigenvalue weighted by Gasteiger charge is -2.17. The second kappa shape index (κ2) is 5.71. The van der Waals surface area contributed by atoms with Crippen LogP contribution in [-0.2, 0) is 6.54 Å². The molecule has 3 nitrogen and oxygen atoms in total. The van der Waals surface area contributed by atoms with Crippen molar-refractivity contribution in [2.24, 2.45) is 0 Å². The van der Waals surface area contributed by atoms with E-state index >= 15 is 0 Å². The fourth-order valence-electron chi connectivity index (χ4n) is 1.94. The Morgan fingerprint density at radius 3 is 3.20 bits per heavy atom. The maximum Gasteiger partial charge on any atom is 0.0489 e. The van der Waals surface area contributed by atoms with Crippen molar-refractivity contribution in [2.75, 3.05) is 6.54 Å². The van der Waals surface area contributed by atoms with E-state index in [2.05, 4.69) is 22.6 Å². The van der Waals surface area contributed by atoms with Crippen LogP contribution in [0.5, 0.6) is 0 Å². The molecule has 1 heterocycles. The normalized spacial score (nSPS) is 20.7. The zero-order chi connectivity index (χ0) is 10.3. The predicted octanol–water partition coefficient (Wildman–Crippen LogP) is 1.97. The van der Waals surface area contributed by atoms with Crippen molar-refractivity contribution in [1.29, 1.82) is 0 Å². The van der Waals surface area contributed by atoms with E-state index in [1.807, 2.05) is 23.1 Å². The highest BCUT2D eigenvalue weighted by Gasteiger charge is 2.06. The van der Waals surface area contributed by atoms with Gasteiger partial charge in [0.15, 0.2) is 0 Å². The second-order valence-corrected chi connectivity index (χ2v) is 4.04. The summed E-state index contributed by atoms with van der Waals surface area (Å²) in [6.45, 7) is 2.09.